The minimum atomic E-state index is 0.0691. The van der Waals surface area contributed by atoms with Crippen molar-refractivity contribution in [1.82, 2.24) is 9.78 Å². The Balaban J connectivity index is 2.31. The van der Waals surface area contributed by atoms with E-state index in [-0.39, 0.29) is 5.56 Å². The number of unbranched alkanes of at least 4 members (excludes halogenated alkanes) is 1. The van der Waals surface area contributed by atoms with Crippen molar-refractivity contribution in [3.8, 4) is 5.69 Å². The minimum Gasteiger partial charge on any atom is -0.298 e. The Morgan fingerprint density at radius 2 is 2.00 bits per heavy atom. The zero-order chi connectivity index (χ0) is 11.4. The number of nitrogens with one attached hydrogen (secondary N) is 1. The molecule has 0 atom stereocenters. The molecule has 0 saturated heterocycles. The molecule has 1 heterocycles. The number of aryl methyl sites for hydroxylation is 1. The highest BCUT2D eigenvalue weighted by atomic mass is 16.1. The van der Waals surface area contributed by atoms with Crippen LogP contribution in [0.1, 0.15) is 25.3 Å². The van der Waals surface area contributed by atoms with Crippen LogP contribution >= 0.6 is 0 Å². The second-order valence-electron chi connectivity index (χ2n) is 3.88. The zero-order valence-corrected chi connectivity index (χ0v) is 9.44. The van der Waals surface area contributed by atoms with E-state index in [9.17, 15) is 4.79 Å². The van der Waals surface area contributed by atoms with Gasteiger partial charge in [-0.1, -0.05) is 31.5 Å². The molecule has 0 spiro atoms. The van der Waals surface area contributed by atoms with Gasteiger partial charge >= 0.3 is 0 Å². The number of benzene rings is 1. The van der Waals surface area contributed by atoms with Crippen LogP contribution in [0.3, 0.4) is 0 Å². The fourth-order valence-electron chi connectivity index (χ4n) is 1.72. The average molecular weight is 216 g/mol. The first kappa shape index (κ1) is 10.7. The lowest BCUT2D eigenvalue weighted by molar-refractivity contribution is 0.786. The Morgan fingerprint density at radius 3 is 2.69 bits per heavy atom. The summed E-state index contributed by atoms with van der Waals surface area (Å²) in [5.41, 5.74) is 1.82. The first-order valence-electron chi connectivity index (χ1n) is 5.67. The Labute approximate surface area is 94.7 Å². The van der Waals surface area contributed by atoms with Crippen LogP contribution in [0, 0.1) is 0 Å². The molecular formula is C13H16N2O. The van der Waals surface area contributed by atoms with Crippen molar-refractivity contribution >= 4 is 0 Å². The van der Waals surface area contributed by atoms with E-state index in [1.54, 1.807) is 4.68 Å². The standard InChI is InChI=1S/C13H16N2O/c1-2-3-7-11-10-14-15(13(11)16)12-8-5-4-6-9-12/h4-6,8-10,14H,2-3,7H2,1H3. The van der Waals surface area contributed by atoms with Crippen LogP contribution in [-0.2, 0) is 6.42 Å². The topological polar surface area (TPSA) is 37.8 Å². The van der Waals surface area contributed by atoms with E-state index in [0.717, 1.165) is 30.5 Å². The molecule has 3 heteroatoms. The Hall–Kier alpha value is -1.77. The van der Waals surface area contributed by atoms with E-state index < -0.39 is 0 Å². The Morgan fingerprint density at radius 1 is 1.25 bits per heavy atom. The van der Waals surface area contributed by atoms with Gasteiger partial charge in [0.05, 0.1) is 5.69 Å². The lowest BCUT2D eigenvalue weighted by Crippen LogP contribution is -2.17. The van der Waals surface area contributed by atoms with Gasteiger partial charge in [-0.15, -0.1) is 0 Å². The van der Waals surface area contributed by atoms with Gasteiger partial charge < -0.3 is 0 Å². The molecule has 0 fully saturated rings. The molecule has 0 aliphatic carbocycles. The summed E-state index contributed by atoms with van der Waals surface area (Å²) in [5.74, 6) is 0. The molecule has 0 unspecified atom stereocenters. The van der Waals surface area contributed by atoms with Crippen molar-refractivity contribution in [3.05, 3.63) is 52.4 Å². The molecule has 3 nitrogen and oxygen atoms in total. The maximum absolute atomic E-state index is 12.0. The summed E-state index contributed by atoms with van der Waals surface area (Å²) in [4.78, 5) is 12.0. The van der Waals surface area contributed by atoms with Crippen LogP contribution in [0.25, 0.3) is 5.69 Å². The van der Waals surface area contributed by atoms with Crippen LogP contribution in [0.2, 0.25) is 0 Å². The monoisotopic (exact) mass is 216 g/mol. The van der Waals surface area contributed by atoms with E-state index in [4.69, 9.17) is 0 Å². The molecule has 1 aromatic heterocycles. The predicted molar refractivity (Wildman–Crippen MR) is 65.0 cm³/mol. The average Bonchev–Trinajstić information content (AvgIpc) is 2.69. The zero-order valence-electron chi connectivity index (χ0n) is 9.44. The smallest absolute Gasteiger partial charge is 0.274 e. The lowest BCUT2D eigenvalue weighted by atomic mass is 10.2. The molecule has 2 rings (SSSR count). The number of hydrogen-bond donors (Lipinski definition) is 1. The third-order valence-corrected chi connectivity index (χ3v) is 2.66. The highest BCUT2D eigenvalue weighted by Gasteiger charge is 2.06. The molecule has 0 bridgehead atoms. The summed E-state index contributed by atoms with van der Waals surface area (Å²) in [6.07, 6.45) is 4.83. The van der Waals surface area contributed by atoms with Gasteiger partial charge in [-0.25, -0.2) is 4.68 Å². The van der Waals surface area contributed by atoms with E-state index in [0.29, 0.717) is 0 Å². The van der Waals surface area contributed by atoms with Crippen molar-refractivity contribution in [2.45, 2.75) is 26.2 Å². The van der Waals surface area contributed by atoms with Gasteiger partial charge in [-0.3, -0.25) is 9.89 Å². The van der Waals surface area contributed by atoms with E-state index in [1.807, 2.05) is 36.5 Å². The first-order valence-corrected chi connectivity index (χ1v) is 5.67. The maximum Gasteiger partial charge on any atom is 0.274 e. The molecule has 2 aromatic rings. The SMILES string of the molecule is CCCCc1c[nH]n(-c2ccccc2)c1=O. The normalized spacial score (nSPS) is 10.6. The number of H-pyrrole nitrogens is 1. The molecular weight excluding hydrogens is 200 g/mol. The summed E-state index contributed by atoms with van der Waals surface area (Å²) < 4.78 is 1.59. The summed E-state index contributed by atoms with van der Waals surface area (Å²) in [6.45, 7) is 2.13. The first-order chi connectivity index (χ1) is 7.83. The second kappa shape index (κ2) is 4.84. The molecule has 0 saturated carbocycles. The molecule has 84 valence electrons. The molecule has 16 heavy (non-hydrogen) atoms. The Bertz CT molecular complexity index is 496. The van der Waals surface area contributed by atoms with Crippen LogP contribution in [0.15, 0.2) is 41.3 Å². The third kappa shape index (κ3) is 2.08. The predicted octanol–water partition coefficient (Wildman–Crippen LogP) is 2.51. The van der Waals surface area contributed by atoms with Gasteiger partial charge in [0.15, 0.2) is 0 Å². The number of aromatic amines is 1. The summed E-state index contributed by atoms with van der Waals surface area (Å²) in [6, 6.07) is 9.63. The van der Waals surface area contributed by atoms with Crippen molar-refractivity contribution in [2.75, 3.05) is 0 Å². The molecule has 0 aliphatic heterocycles. The van der Waals surface area contributed by atoms with Crippen LogP contribution in [0.4, 0.5) is 0 Å². The van der Waals surface area contributed by atoms with Gasteiger partial charge in [0.1, 0.15) is 0 Å². The number of hydrogen-bond acceptors (Lipinski definition) is 1. The summed E-state index contributed by atoms with van der Waals surface area (Å²) >= 11 is 0. The van der Waals surface area contributed by atoms with Crippen LogP contribution < -0.4 is 5.56 Å². The van der Waals surface area contributed by atoms with Gasteiger partial charge in [-0.05, 0) is 25.0 Å². The van der Waals surface area contributed by atoms with E-state index >= 15 is 0 Å². The summed E-state index contributed by atoms with van der Waals surface area (Å²) in [7, 11) is 0. The third-order valence-electron chi connectivity index (χ3n) is 2.66. The van der Waals surface area contributed by atoms with Crippen molar-refractivity contribution in [3.63, 3.8) is 0 Å². The van der Waals surface area contributed by atoms with Gasteiger partial charge in [0.2, 0.25) is 0 Å². The quantitative estimate of drug-likeness (QED) is 0.837. The van der Waals surface area contributed by atoms with E-state index in [1.165, 1.54) is 0 Å². The highest BCUT2D eigenvalue weighted by Crippen LogP contribution is 2.04. The fourth-order valence-corrected chi connectivity index (χ4v) is 1.72. The van der Waals surface area contributed by atoms with E-state index in [2.05, 4.69) is 12.0 Å². The molecule has 0 amide bonds. The molecule has 1 N–H and O–H groups in total. The molecule has 1 aromatic carbocycles. The number of nitrogens with zero attached hydrogens (tertiary/aromatic N) is 1. The molecule has 0 aliphatic rings. The van der Waals surface area contributed by atoms with Crippen molar-refractivity contribution in [2.24, 2.45) is 0 Å². The minimum absolute atomic E-state index is 0.0691. The van der Waals surface area contributed by atoms with Gasteiger partial charge in [-0.2, -0.15) is 0 Å². The van der Waals surface area contributed by atoms with Gasteiger partial charge in [0, 0.05) is 11.8 Å². The number of rotatable bonds is 4. The van der Waals surface area contributed by atoms with Crippen molar-refractivity contribution < 1.29 is 0 Å². The van der Waals surface area contributed by atoms with Crippen LogP contribution in [0.5, 0.6) is 0 Å². The molecule has 0 radical (unpaired) electrons. The number of para-hydroxylation sites is 1. The largest absolute Gasteiger partial charge is 0.298 e. The van der Waals surface area contributed by atoms with Crippen molar-refractivity contribution in [1.29, 1.82) is 0 Å². The van der Waals surface area contributed by atoms with Crippen LogP contribution in [-0.4, -0.2) is 9.78 Å². The fraction of sp³-hybridized carbons (Fsp3) is 0.308. The lowest BCUT2D eigenvalue weighted by Gasteiger charge is -1.99. The highest BCUT2D eigenvalue weighted by molar-refractivity contribution is 5.30. The number of aromatic nitrogens is 2. The Kier molecular flexibility index (Phi) is 3.25. The second-order valence-corrected chi connectivity index (χ2v) is 3.88. The van der Waals surface area contributed by atoms with Gasteiger partial charge in [0.25, 0.3) is 5.56 Å². The summed E-state index contributed by atoms with van der Waals surface area (Å²) in [5, 5.41) is 3.00. The maximum atomic E-state index is 12.0.